The predicted molar refractivity (Wildman–Crippen MR) is 106 cm³/mol. The molecule has 4 aromatic rings. The summed E-state index contributed by atoms with van der Waals surface area (Å²) in [6, 6.07) is 14.1. The highest BCUT2D eigenvalue weighted by atomic mass is 16.1. The smallest absolute Gasteiger partial charge is 0.262 e. The molecule has 27 heavy (non-hydrogen) atoms. The van der Waals surface area contributed by atoms with Crippen LogP contribution in [-0.2, 0) is 26.4 Å². The van der Waals surface area contributed by atoms with Crippen molar-refractivity contribution in [3.63, 3.8) is 0 Å². The molecule has 0 amide bonds. The Morgan fingerprint density at radius 3 is 2.81 bits per heavy atom. The fraction of sp³-hybridized carbons (Fsp3) is 0.286. The number of rotatable bonds is 3. The zero-order valence-electron chi connectivity index (χ0n) is 15.3. The molecule has 136 valence electrons. The second-order valence-electron chi connectivity index (χ2n) is 7.14. The van der Waals surface area contributed by atoms with Crippen LogP contribution in [0.3, 0.4) is 0 Å². The predicted octanol–water partition coefficient (Wildman–Crippen LogP) is 3.07. The lowest BCUT2D eigenvalue weighted by atomic mass is 9.90. The van der Waals surface area contributed by atoms with E-state index in [0.717, 1.165) is 24.2 Å². The van der Waals surface area contributed by atoms with Crippen molar-refractivity contribution in [3.8, 4) is 0 Å². The molecule has 0 aliphatic heterocycles. The first-order valence-corrected chi connectivity index (χ1v) is 9.40. The summed E-state index contributed by atoms with van der Waals surface area (Å²) in [7, 11) is 1.74. The van der Waals surface area contributed by atoms with E-state index in [9.17, 15) is 4.79 Å². The Labute approximate surface area is 156 Å². The Morgan fingerprint density at radius 1 is 1.04 bits per heavy atom. The summed E-state index contributed by atoms with van der Waals surface area (Å²) in [6.07, 6.45) is 4.79. The van der Waals surface area contributed by atoms with Crippen LogP contribution < -0.4 is 10.9 Å². The van der Waals surface area contributed by atoms with Crippen LogP contribution in [0, 0.1) is 0 Å². The van der Waals surface area contributed by atoms with E-state index in [1.54, 1.807) is 11.6 Å². The van der Waals surface area contributed by atoms with Crippen molar-refractivity contribution in [1.82, 2.24) is 19.2 Å². The number of nitrogens with one attached hydrogen (secondary N) is 1. The second kappa shape index (κ2) is 6.23. The molecule has 0 unspecified atom stereocenters. The monoisotopic (exact) mass is 359 g/mol. The van der Waals surface area contributed by atoms with Crippen molar-refractivity contribution in [1.29, 1.82) is 0 Å². The van der Waals surface area contributed by atoms with Crippen LogP contribution in [0.1, 0.15) is 29.8 Å². The Balaban J connectivity index is 1.58. The number of benzene rings is 2. The van der Waals surface area contributed by atoms with Gasteiger partial charge in [-0.3, -0.25) is 13.8 Å². The van der Waals surface area contributed by atoms with E-state index in [-0.39, 0.29) is 5.56 Å². The summed E-state index contributed by atoms with van der Waals surface area (Å²) < 4.78 is 3.53. The van der Waals surface area contributed by atoms with Crippen molar-refractivity contribution in [2.75, 3.05) is 5.32 Å². The molecule has 6 nitrogen and oxygen atoms in total. The molecule has 0 saturated heterocycles. The van der Waals surface area contributed by atoms with E-state index in [2.05, 4.69) is 33.7 Å². The zero-order valence-corrected chi connectivity index (χ0v) is 15.3. The van der Waals surface area contributed by atoms with E-state index in [1.165, 1.54) is 29.7 Å². The van der Waals surface area contributed by atoms with Crippen LogP contribution in [0.4, 0.5) is 5.69 Å². The molecule has 0 bridgehead atoms. The van der Waals surface area contributed by atoms with Gasteiger partial charge < -0.3 is 5.32 Å². The van der Waals surface area contributed by atoms with E-state index < -0.39 is 0 Å². The van der Waals surface area contributed by atoms with Gasteiger partial charge in [-0.05, 0) is 55.0 Å². The van der Waals surface area contributed by atoms with Crippen LogP contribution in [0.15, 0.2) is 47.3 Å². The van der Waals surface area contributed by atoms with E-state index >= 15 is 0 Å². The summed E-state index contributed by atoms with van der Waals surface area (Å²) in [5, 5.41) is 12.9. The number of aromatic nitrogens is 4. The minimum Gasteiger partial charge on any atom is -0.377 e. The van der Waals surface area contributed by atoms with Crippen LogP contribution >= 0.6 is 0 Å². The molecule has 0 radical (unpaired) electrons. The van der Waals surface area contributed by atoms with Crippen molar-refractivity contribution in [3.05, 3.63) is 69.8 Å². The van der Waals surface area contributed by atoms with Crippen molar-refractivity contribution >= 4 is 22.4 Å². The third-order valence-corrected chi connectivity index (χ3v) is 5.53. The summed E-state index contributed by atoms with van der Waals surface area (Å²) in [5.74, 6) is 1.36. The summed E-state index contributed by atoms with van der Waals surface area (Å²) in [5.41, 5.74) is 4.84. The van der Waals surface area contributed by atoms with Crippen LogP contribution in [0.5, 0.6) is 0 Å². The lowest BCUT2D eigenvalue weighted by Gasteiger charge is -2.20. The molecular weight excluding hydrogens is 338 g/mol. The van der Waals surface area contributed by atoms with Gasteiger partial charge in [-0.15, -0.1) is 10.2 Å². The minimum absolute atomic E-state index is 0.0536. The number of hydrogen-bond donors (Lipinski definition) is 1. The normalized spacial score (nSPS) is 13.8. The molecule has 2 aromatic heterocycles. The highest BCUT2D eigenvalue weighted by Gasteiger charge is 2.16. The molecule has 1 aliphatic carbocycles. The van der Waals surface area contributed by atoms with Gasteiger partial charge in [0.15, 0.2) is 5.82 Å². The number of nitrogens with zero attached hydrogens (tertiary/aromatic N) is 4. The van der Waals surface area contributed by atoms with E-state index in [0.29, 0.717) is 17.7 Å². The molecule has 5 rings (SSSR count). The van der Waals surface area contributed by atoms with Crippen LogP contribution in [-0.4, -0.2) is 19.2 Å². The highest BCUT2D eigenvalue weighted by molar-refractivity contribution is 5.80. The van der Waals surface area contributed by atoms with Gasteiger partial charge in [-0.2, -0.15) is 0 Å². The van der Waals surface area contributed by atoms with E-state index in [1.807, 2.05) is 28.7 Å². The zero-order chi connectivity index (χ0) is 18.4. The quantitative estimate of drug-likeness (QED) is 0.611. The van der Waals surface area contributed by atoms with Gasteiger partial charge in [0.05, 0.1) is 17.4 Å². The first-order chi connectivity index (χ1) is 13.2. The topological polar surface area (TPSA) is 64.2 Å². The third-order valence-electron chi connectivity index (χ3n) is 5.53. The molecule has 0 saturated carbocycles. The summed E-state index contributed by atoms with van der Waals surface area (Å²) >= 11 is 0. The Morgan fingerprint density at radius 2 is 1.89 bits per heavy atom. The molecule has 0 fully saturated rings. The van der Waals surface area contributed by atoms with Crippen molar-refractivity contribution < 1.29 is 0 Å². The minimum atomic E-state index is -0.0536. The molecule has 6 heteroatoms. The third kappa shape index (κ3) is 2.51. The summed E-state index contributed by atoms with van der Waals surface area (Å²) in [4.78, 5) is 12.6. The van der Waals surface area contributed by atoms with Gasteiger partial charge in [0.2, 0.25) is 5.78 Å². The van der Waals surface area contributed by atoms with Gasteiger partial charge in [0, 0.05) is 12.7 Å². The lowest BCUT2D eigenvalue weighted by molar-refractivity contribution is 0.686. The first kappa shape index (κ1) is 16.1. The Hall–Kier alpha value is -3.15. The SMILES string of the molecule is Cn1c(=O)c2ccccc2n2c(CNc3cccc4c3CCCC4)nnc12. The fourth-order valence-electron chi connectivity index (χ4n) is 4.13. The molecule has 2 heterocycles. The molecular formula is C21H21N5O. The van der Waals surface area contributed by atoms with Crippen LogP contribution in [0.2, 0.25) is 0 Å². The second-order valence-corrected chi connectivity index (χ2v) is 7.14. The molecule has 2 aromatic carbocycles. The van der Waals surface area contributed by atoms with Gasteiger partial charge >= 0.3 is 0 Å². The number of fused-ring (bicyclic) bond motifs is 4. The van der Waals surface area contributed by atoms with Crippen LogP contribution in [0.25, 0.3) is 16.7 Å². The van der Waals surface area contributed by atoms with Gasteiger partial charge in [0.25, 0.3) is 5.56 Å². The standard InChI is InChI=1S/C21H21N5O/c1-25-20(27)16-10-4-5-12-18(16)26-19(23-24-21(25)26)13-22-17-11-6-8-14-7-2-3-9-15(14)17/h4-6,8,10-12,22H,2-3,7,9,13H2,1H3. The molecule has 1 aliphatic rings. The molecule has 0 atom stereocenters. The van der Waals surface area contributed by atoms with Crippen molar-refractivity contribution in [2.24, 2.45) is 7.05 Å². The average Bonchev–Trinajstić information content (AvgIpc) is 3.15. The average molecular weight is 359 g/mol. The van der Waals surface area contributed by atoms with Gasteiger partial charge in [-0.1, -0.05) is 24.3 Å². The van der Waals surface area contributed by atoms with E-state index in [4.69, 9.17) is 0 Å². The maximum absolute atomic E-state index is 12.6. The Kier molecular flexibility index (Phi) is 3.70. The van der Waals surface area contributed by atoms with Crippen molar-refractivity contribution in [2.45, 2.75) is 32.2 Å². The van der Waals surface area contributed by atoms with Gasteiger partial charge in [0.1, 0.15) is 0 Å². The number of para-hydroxylation sites is 1. The number of anilines is 1. The van der Waals surface area contributed by atoms with Gasteiger partial charge in [-0.25, -0.2) is 0 Å². The molecule has 1 N–H and O–H groups in total. The highest BCUT2D eigenvalue weighted by Crippen LogP contribution is 2.28. The fourth-order valence-corrected chi connectivity index (χ4v) is 4.13. The largest absolute Gasteiger partial charge is 0.377 e. The Bertz CT molecular complexity index is 1220. The first-order valence-electron chi connectivity index (χ1n) is 9.40. The molecule has 0 spiro atoms. The number of aryl methyl sites for hydroxylation is 2. The summed E-state index contributed by atoms with van der Waals surface area (Å²) in [6.45, 7) is 0.555. The number of hydrogen-bond acceptors (Lipinski definition) is 4. The maximum atomic E-state index is 12.6. The lowest BCUT2D eigenvalue weighted by Crippen LogP contribution is -2.20. The maximum Gasteiger partial charge on any atom is 0.262 e.